The molecule has 146 valence electrons. The van der Waals surface area contributed by atoms with Crippen LogP contribution in [0.4, 0.5) is 11.4 Å². The molecule has 0 spiro atoms. The van der Waals surface area contributed by atoms with Crippen LogP contribution in [0.5, 0.6) is 0 Å². The molecule has 28 heavy (non-hydrogen) atoms. The van der Waals surface area contributed by atoms with Crippen molar-refractivity contribution in [1.29, 1.82) is 0 Å². The van der Waals surface area contributed by atoms with Crippen LogP contribution in [0.15, 0.2) is 47.4 Å². The van der Waals surface area contributed by atoms with Crippen LogP contribution in [0.3, 0.4) is 0 Å². The topological polar surface area (TPSA) is 92.5 Å². The number of alkyl halides is 1. The van der Waals surface area contributed by atoms with Gasteiger partial charge >= 0.3 is 5.97 Å². The number of nitrogens with zero attached hydrogens (tertiary/aromatic N) is 1. The van der Waals surface area contributed by atoms with Crippen molar-refractivity contribution in [3.8, 4) is 0 Å². The van der Waals surface area contributed by atoms with E-state index in [1.807, 2.05) is 6.07 Å². The molecular formula is C19H16Cl2N2O4S. The summed E-state index contributed by atoms with van der Waals surface area (Å²) < 4.78 is 0. The van der Waals surface area contributed by atoms with E-state index in [1.165, 1.54) is 17.8 Å². The van der Waals surface area contributed by atoms with Crippen LogP contribution >= 0.6 is 35.0 Å². The fourth-order valence-electron chi connectivity index (χ4n) is 4.20. The molecule has 0 saturated heterocycles. The quantitative estimate of drug-likeness (QED) is 0.396. The minimum atomic E-state index is -0.934. The highest BCUT2D eigenvalue weighted by Crippen LogP contribution is 2.55. The van der Waals surface area contributed by atoms with Gasteiger partial charge < -0.3 is 10.4 Å². The van der Waals surface area contributed by atoms with E-state index in [2.05, 4.69) is 5.32 Å². The molecule has 4 rings (SSSR count). The third-order valence-electron chi connectivity index (χ3n) is 5.38. The SMILES string of the molecule is O=C(O)[C@H]1Nc2ccc(Cl)cc2[C@@H]2[C@H](Cl)[C@@H](Sc3ccccc3[N+](=O)[O-])C[C@@H]21. The summed E-state index contributed by atoms with van der Waals surface area (Å²) in [5.74, 6) is -1.36. The molecule has 0 unspecified atom stereocenters. The summed E-state index contributed by atoms with van der Waals surface area (Å²) in [4.78, 5) is 23.3. The molecule has 0 radical (unpaired) electrons. The number of nitro groups is 1. The highest BCUT2D eigenvalue weighted by molar-refractivity contribution is 8.00. The fourth-order valence-corrected chi connectivity index (χ4v) is 6.33. The minimum Gasteiger partial charge on any atom is -0.480 e. The maximum absolute atomic E-state index is 11.9. The molecule has 6 nitrogen and oxygen atoms in total. The molecule has 2 aliphatic rings. The van der Waals surface area contributed by atoms with Gasteiger partial charge in [-0.05, 0) is 42.2 Å². The first-order valence-corrected chi connectivity index (χ1v) is 10.4. The number of benzene rings is 2. The minimum absolute atomic E-state index is 0.0302. The summed E-state index contributed by atoms with van der Waals surface area (Å²) in [5.41, 5.74) is 1.66. The Morgan fingerprint density at radius 3 is 2.75 bits per heavy atom. The van der Waals surface area contributed by atoms with E-state index in [-0.39, 0.29) is 28.2 Å². The van der Waals surface area contributed by atoms with Crippen LogP contribution in [0, 0.1) is 16.0 Å². The first-order valence-electron chi connectivity index (χ1n) is 8.69. The number of hydrogen-bond donors (Lipinski definition) is 2. The van der Waals surface area contributed by atoms with E-state index in [4.69, 9.17) is 23.2 Å². The summed E-state index contributed by atoms with van der Waals surface area (Å²) in [5, 5.41) is 24.2. The highest BCUT2D eigenvalue weighted by Gasteiger charge is 2.52. The number of nitrogens with one attached hydrogen (secondary N) is 1. The van der Waals surface area contributed by atoms with Gasteiger partial charge in [-0.1, -0.05) is 23.7 Å². The predicted molar refractivity (Wildman–Crippen MR) is 110 cm³/mol. The largest absolute Gasteiger partial charge is 0.480 e. The van der Waals surface area contributed by atoms with Crippen LogP contribution < -0.4 is 5.32 Å². The first-order chi connectivity index (χ1) is 13.4. The number of para-hydroxylation sites is 1. The van der Waals surface area contributed by atoms with Crippen molar-refractivity contribution in [3.05, 3.63) is 63.2 Å². The lowest BCUT2D eigenvalue weighted by Crippen LogP contribution is -2.42. The molecule has 2 N–H and O–H groups in total. The maximum atomic E-state index is 11.9. The number of hydrogen-bond acceptors (Lipinski definition) is 5. The molecule has 9 heteroatoms. The van der Waals surface area contributed by atoms with Crippen LogP contribution in [0.2, 0.25) is 5.02 Å². The molecule has 2 aromatic carbocycles. The molecule has 1 aliphatic carbocycles. The highest BCUT2D eigenvalue weighted by atomic mass is 35.5. The number of thioether (sulfide) groups is 1. The first kappa shape index (κ1) is 19.4. The van der Waals surface area contributed by atoms with Gasteiger partial charge in [-0.15, -0.1) is 23.4 Å². The number of fused-ring (bicyclic) bond motifs is 3. The number of halogens is 2. The van der Waals surface area contributed by atoms with E-state index in [0.29, 0.717) is 16.3 Å². The Morgan fingerprint density at radius 2 is 2.04 bits per heavy atom. The molecule has 0 bridgehead atoms. The Bertz CT molecular complexity index is 957. The summed E-state index contributed by atoms with van der Waals surface area (Å²) in [7, 11) is 0. The number of aliphatic carboxylic acids is 1. The zero-order chi connectivity index (χ0) is 20.0. The predicted octanol–water partition coefficient (Wildman–Crippen LogP) is 5.00. The van der Waals surface area contributed by atoms with Gasteiger partial charge in [0, 0.05) is 27.9 Å². The molecule has 1 aliphatic heterocycles. The zero-order valence-corrected chi connectivity index (χ0v) is 16.7. The molecule has 1 saturated carbocycles. The van der Waals surface area contributed by atoms with Crippen LogP contribution in [0.25, 0.3) is 0 Å². The molecule has 0 aromatic heterocycles. The van der Waals surface area contributed by atoms with Crippen LogP contribution in [-0.2, 0) is 4.79 Å². The van der Waals surface area contributed by atoms with Gasteiger partial charge in [0.05, 0.1) is 15.2 Å². The lowest BCUT2D eigenvalue weighted by Gasteiger charge is -2.35. The van der Waals surface area contributed by atoms with E-state index in [1.54, 1.807) is 30.3 Å². The van der Waals surface area contributed by atoms with Gasteiger partial charge in [0.2, 0.25) is 0 Å². The zero-order valence-electron chi connectivity index (χ0n) is 14.4. The van der Waals surface area contributed by atoms with Crippen LogP contribution in [0.1, 0.15) is 17.9 Å². The smallest absolute Gasteiger partial charge is 0.326 e. The molecule has 2 aromatic rings. The average molecular weight is 439 g/mol. The second kappa shape index (κ2) is 7.46. The molecule has 1 heterocycles. The number of rotatable bonds is 4. The summed E-state index contributed by atoms with van der Waals surface area (Å²) in [6.07, 6.45) is 0.533. The molecular weight excluding hydrogens is 423 g/mol. The van der Waals surface area contributed by atoms with Crippen molar-refractivity contribution in [2.24, 2.45) is 5.92 Å². The lowest BCUT2D eigenvalue weighted by atomic mass is 9.79. The van der Waals surface area contributed by atoms with Gasteiger partial charge in [-0.25, -0.2) is 4.79 Å². The van der Waals surface area contributed by atoms with Gasteiger partial charge in [0.25, 0.3) is 5.69 Å². The van der Waals surface area contributed by atoms with Crippen molar-refractivity contribution in [2.45, 2.75) is 33.9 Å². The van der Waals surface area contributed by atoms with Crippen molar-refractivity contribution >= 4 is 52.3 Å². The summed E-state index contributed by atoms with van der Waals surface area (Å²) >= 11 is 14.3. The lowest BCUT2D eigenvalue weighted by molar-refractivity contribution is -0.387. The van der Waals surface area contributed by atoms with Crippen molar-refractivity contribution in [1.82, 2.24) is 0 Å². The number of anilines is 1. The van der Waals surface area contributed by atoms with E-state index in [0.717, 1.165) is 11.3 Å². The summed E-state index contributed by atoms with van der Waals surface area (Å²) in [6, 6.07) is 11.1. The van der Waals surface area contributed by atoms with Crippen molar-refractivity contribution in [3.63, 3.8) is 0 Å². The molecule has 0 amide bonds. The van der Waals surface area contributed by atoms with Gasteiger partial charge in [0.1, 0.15) is 6.04 Å². The summed E-state index contributed by atoms with van der Waals surface area (Å²) in [6.45, 7) is 0. The molecule has 5 atom stereocenters. The van der Waals surface area contributed by atoms with Gasteiger partial charge in [-0.2, -0.15) is 0 Å². The van der Waals surface area contributed by atoms with Gasteiger partial charge in [0.15, 0.2) is 0 Å². The number of carboxylic acids is 1. The number of carbonyl (C=O) groups is 1. The number of nitro benzene ring substituents is 1. The Kier molecular flexibility index (Phi) is 5.16. The Labute approximate surface area is 175 Å². The third kappa shape index (κ3) is 3.32. The Balaban J connectivity index is 1.70. The van der Waals surface area contributed by atoms with Crippen LogP contribution in [-0.4, -0.2) is 32.7 Å². The standard InChI is InChI=1S/C19H16Cl2N2O4S/c20-9-5-6-12-10(7-9)16-11(18(22-12)19(24)25)8-15(17(16)21)28-14-4-2-1-3-13(14)23(26)27/h1-7,11,15-18,22H,8H2,(H,24,25)/t11-,15-,16-,17+,18-/m0/s1. The van der Waals surface area contributed by atoms with E-state index >= 15 is 0 Å². The third-order valence-corrected chi connectivity index (χ3v) is 7.73. The average Bonchev–Trinajstić information content (AvgIpc) is 2.98. The second-order valence-corrected chi connectivity index (χ2v) is 9.16. The normalized spacial score (nSPS) is 28.1. The Morgan fingerprint density at radius 1 is 1.29 bits per heavy atom. The number of carboxylic acid groups (broad SMARTS) is 1. The maximum Gasteiger partial charge on any atom is 0.326 e. The van der Waals surface area contributed by atoms with Crippen molar-refractivity contribution in [2.75, 3.05) is 5.32 Å². The Hall–Kier alpha value is -1.96. The van der Waals surface area contributed by atoms with E-state index in [9.17, 15) is 20.0 Å². The van der Waals surface area contributed by atoms with E-state index < -0.39 is 16.9 Å². The van der Waals surface area contributed by atoms with Gasteiger partial charge in [-0.3, -0.25) is 10.1 Å². The monoisotopic (exact) mass is 438 g/mol. The molecule has 1 fully saturated rings. The second-order valence-electron chi connectivity index (χ2n) is 6.94. The van der Waals surface area contributed by atoms with Crippen molar-refractivity contribution < 1.29 is 14.8 Å². The fraction of sp³-hybridized carbons (Fsp3) is 0.316.